The van der Waals surface area contributed by atoms with Crippen molar-refractivity contribution in [3.8, 4) is 0 Å². The van der Waals surface area contributed by atoms with Crippen LogP contribution >= 0.6 is 0 Å². The van der Waals surface area contributed by atoms with Crippen molar-refractivity contribution >= 4 is 21.7 Å². The number of nitrogens with zero attached hydrogens (tertiary/aromatic N) is 1. The monoisotopic (exact) mass is 348 g/mol. The molecule has 0 saturated carbocycles. The van der Waals surface area contributed by atoms with Gasteiger partial charge in [-0.15, -0.1) is 0 Å². The summed E-state index contributed by atoms with van der Waals surface area (Å²) in [4.78, 5) is 16.1. The molecule has 0 bridgehead atoms. The van der Waals surface area contributed by atoms with Gasteiger partial charge in [0.05, 0.1) is 4.90 Å². The van der Waals surface area contributed by atoms with E-state index in [4.69, 9.17) is 0 Å². The smallest absolute Gasteiger partial charge is 0.319 e. The number of benzene rings is 1. The molecule has 2 amide bonds. The molecule has 1 aromatic carbocycles. The maximum absolute atomic E-state index is 11.9. The summed E-state index contributed by atoms with van der Waals surface area (Å²) in [5, 5.41) is 5.36. The zero-order valence-corrected chi connectivity index (χ0v) is 14.4. The number of urea groups is 1. The molecular formula is C16H20N4O3S. The zero-order valence-electron chi connectivity index (χ0n) is 13.5. The van der Waals surface area contributed by atoms with E-state index in [1.807, 2.05) is 12.1 Å². The Bertz CT molecular complexity index is 807. The number of carbonyl (C=O) groups is 1. The van der Waals surface area contributed by atoms with Crippen molar-refractivity contribution in [2.75, 3.05) is 18.9 Å². The van der Waals surface area contributed by atoms with Crippen LogP contribution in [-0.4, -0.2) is 33.0 Å². The van der Waals surface area contributed by atoms with Gasteiger partial charge in [0.1, 0.15) is 0 Å². The van der Waals surface area contributed by atoms with E-state index >= 15 is 0 Å². The van der Waals surface area contributed by atoms with Gasteiger partial charge in [-0.2, -0.15) is 0 Å². The third kappa shape index (κ3) is 4.77. The zero-order chi connectivity index (χ0) is 17.6. The first-order valence-electron chi connectivity index (χ1n) is 7.40. The molecule has 0 aliphatic heterocycles. The highest BCUT2D eigenvalue weighted by Crippen LogP contribution is 2.19. The molecule has 128 valence electrons. The van der Waals surface area contributed by atoms with Crippen molar-refractivity contribution in [2.24, 2.45) is 0 Å². The van der Waals surface area contributed by atoms with Gasteiger partial charge in [-0.25, -0.2) is 17.9 Å². The molecule has 24 heavy (non-hydrogen) atoms. The number of hydrogen-bond donors (Lipinski definition) is 3. The van der Waals surface area contributed by atoms with Crippen LogP contribution in [0.5, 0.6) is 0 Å². The first kappa shape index (κ1) is 17.9. The lowest BCUT2D eigenvalue weighted by Crippen LogP contribution is -2.30. The number of aryl methyl sites for hydroxylation is 1. The highest BCUT2D eigenvalue weighted by atomic mass is 32.2. The van der Waals surface area contributed by atoms with Crippen LogP contribution in [0.4, 0.5) is 10.5 Å². The Morgan fingerprint density at radius 1 is 1.25 bits per heavy atom. The van der Waals surface area contributed by atoms with Gasteiger partial charge in [-0.1, -0.05) is 12.1 Å². The molecule has 0 aliphatic carbocycles. The molecule has 0 aliphatic rings. The van der Waals surface area contributed by atoms with Gasteiger partial charge in [0.15, 0.2) is 0 Å². The highest BCUT2D eigenvalue weighted by molar-refractivity contribution is 7.89. The summed E-state index contributed by atoms with van der Waals surface area (Å²) in [6, 6.07) is 8.12. The Balaban J connectivity index is 1.96. The van der Waals surface area contributed by atoms with Crippen LogP contribution in [0.25, 0.3) is 0 Å². The average molecular weight is 348 g/mol. The molecule has 1 aromatic heterocycles. The van der Waals surface area contributed by atoms with Crippen molar-refractivity contribution < 1.29 is 13.2 Å². The van der Waals surface area contributed by atoms with Gasteiger partial charge in [0.25, 0.3) is 0 Å². The molecule has 8 heteroatoms. The molecule has 0 radical (unpaired) electrons. The molecule has 7 nitrogen and oxygen atoms in total. The van der Waals surface area contributed by atoms with E-state index in [0.717, 1.165) is 5.56 Å². The van der Waals surface area contributed by atoms with Gasteiger partial charge in [-0.05, 0) is 49.7 Å². The molecule has 0 atom stereocenters. The lowest BCUT2D eigenvalue weighted by Gasteiger charge is -2.11. The highest BCUT2D eigenvalue weighted by Gasteiger charge is 2.15. The minimum Gasteiger partial charge on any atom is -0.338 e. The second kappa shape index (κ2) is 7.89. The SMILES string of the molecule is CNS(=O)(=O)c1cc(NC(=O)NCCc2cccnc2)ccc1C. The number of sulfonamides is 1. The number of pyridine rings is 1. The average Bonchev–Trinajstić information content (AvgIpc) is 2.57. The van der Waals surface area contributed by atoms with Crippen molar-refractivity contribution in [1.82, 2.24) is 15.0 Å². The first-order chi connectivity index (χ1) is 11.4. The molecule has 2 rings (SSSR count). The molecule has 2 aromatic rings. The normalized spacial score (nSPS) is 11.1. The number of anilines is 1. The third-order valence-corrected chi connectivity index (χ3v) is 4.98. The second-order valence-electron chi connectivity index (χ2n) is 5.18. The number of carbonyl (C=O) groups excluding carboxylic acids is 1. The number of rotatable bonds is 6. The predicted octanol–water partition coefficient (Wildman–Crippen LogP) is 1.66. The number of aromatic nitrogens is 1. The molecule has 1 heterocycles. The minimum atomic E-state index is -3.57. The molecular weight excluding hydrogens is 328 g/mol. The quantitative estimate of drug-likeness (QED) is 0.739. The second-order valence-corrected chi connectivity index (χ2v) is 7.03. The van der Waals surface area contributed by atoms with Gasteiger partial charge in [0, 0.05) is 24.6 Å². The van der Waals surface area contributed by atoms with Crippen LogP contribution < -0.4 is 15.4 Å². The summed E-state index contributed by atoms with van der Waals surface area (Å²) in [5.41, 5.74) is 2.04. The maximum Gasteiger partial charge on any atom is 0.319 e. The van der Waals surface area contributed by atoms with Gasteiger partial charge in [0.2, 0.25) is 10.0 Å². The lowest BCUT2D eigenvalue weighted by molar-refractivity contribution is 0.252. The standard InChI is InChI=1S/C16H20N4O3S/c1-12-5-6-14(10-15(12)24(22,23)17-2)20-16(21)19-9-7-13-4-3-8-18-11-13/h3-6,8,10-11,17H,7,9H2,1-2H3,(H2,19,20,21). The van der Waals surface area contributed by atoms with E-state index in [-0.39, 0.29) is 4.90 Å². The summed E-state index contributed by atoms with van der Waals surface area (Å²) in [5.74, 6) is 0. The van der Waals surface area contributed by atoms with Crippen LogP contribution in [0.2, 0.25) is 0 Å². The van der Waals surface area contributed by atoms with Gasteiger partial charge in [-0.3, -0.25) is 4.98 Å². The summed E-state index contributed by atoms with van der Waals surface area (Å²) >= 11 is 0. The first-order valence-corrected chi connectivity index (χ1v) is 8.88. The van der Waals surface area contributed by atoms with Gasteiger partial charge >= 0.3 is 6.03 Å². The van der Waals surface area contributed by atoms with E-state index in [9.17, 15) is 13.2 Å². The van der Waals surface area contributed by atoms with Crippen LogP contribution in [0.15, 0.2) is 47.6 Å². The van der Waals surface area contributed by atoms with E-state index in [1.54, 1.807) is 31.5 Å². The molecule has 0 spiro atoms. The fraction of sp³-hybridized carbons (Fsp3) is 0.250. The Hall–Kier alpha value is -2.45. The van der Waals surface area contributed by atoms with Crippen molar-refractivity contribution in [1.29, 1.82) is 0 Å². The summed E-state index contributed by atoms with van der Waals surface area (Å²) in [6.07, 6.45) is 4.10. The molecule has 0 unspecified atom stereocenters. The minimum absolute atomic E-state index is 0.137. The van der Waals surface area contributed by atoms with Crippen LogP contribution in [0, 0.1) is 6.92 Å². The fourth-order valence-corrected chi connectivity index (χ4v) is 3.11. The predicted molar refractivity (Wildman–Crippen MR) is 92.4 cm³/mol. The largest absolute Gasteiger partial charge is 0.338 e. The van der Waals surface area contributed by atoms with Crippen LogP contribution in [-0.2, 0) is 16.4 Å². The Labute approximate surface area is 141 Å². The Morgan fingerprint density at radius 3 is 2.71 bits per heavy atom. The van der Waals surface area contributed by atoms with E-state index in [2.05, 4.69) is 20.3 Å². The lowest BCUT2D eigenvalue weighted by atomic mass is 10.2. The van der Waals surface area contributed by atoms with Gasteiger partial charge < -0.3 is 10.6 Å². The number of hydrogen-bond acceptors (Lipinski definition) is 4. The molecule has 3 N–H and O–H groups in total. The maximum atomic E-state index is 11.9. The van der Waals surface area contributed by atoms with Crippen molar-refractivity contribution in [2.45, 2.75) is 18.2 Å². The number of amides is 2. The van der Waals surface area contributed by atoms with Crippen molar-refractivity contribution in [3.63, 3.8) is 0 Å². The topological polar surface area (TPSA) is 100 Å². The number of nitrogens with one attached hydrogen (secondary N) is 3. The van der Waals surface area contributed by atoms with Crippen molar-refractivity contribution in [3.05, 3.63) is 53.9 Å². The Kier molecular flexibility index (Phi) is 5.88. The van der Waals surface area contributed by atoms with E-state index in [1.165, 1.54) is 13.1 Å². The summed E-state index contributed by atoms with van der Waals surface area (Å²) in [7, 11) is -2.22. The van der Waals surface area contributed by atoms with E-state index < -0.39 is 16.1 Å². The van der Waals surface area contributed by atoms with Crippen LogP contribution in [0.1, 0.15) is 11.1 Å². The third-order valence-electron chi connectivity index (χ3n) is 3.43. The fourth-order valence-electron chi connectivity index (χ4n) is 2.12. The van der Waals surface area contributed by atoms with E-state index in [0.29, 0.717) is 24.2 Å². The summed E-state index contributed by atoms with van der Waals surface area (Å²) in [6.45, 7) is 2.15. The molecule has 0 fully saturated rings. The van der Waals surface area contributed by atoms with Crippen LogP contribution in [0.3, 0.4) is 0 Å². The Morgan fingerprint density at radius 2 is 2.04 bits per heavy atom. The molecule has 0 saturated heterocycles. The summed E-state index contributed by atoms with van der Waals surface area (Å²) < 4.78 is 26.2.